The van der Waals surface area contributed by atoms with E-state index in [9.17, 15) is 0 Å². The summed E-state index contributed by atoms with van der Waals surface area (Å²) >= 11 is 1.77. The molecule has 19 heavy (non-hydrogen) atoms. The van der Waals surface area contributed by atoms with Crippen LogP contribution in [0, 0.1) is 12.8 Å². The number of hydrogen-bond donors (Lipinski definition) is 1. The molecule has 4 heteroatoms. The van der Waals surface area contributed by atoms with Gasteiger partial charge in [-0.3, -0.25) is 0 Å². The Morgan fingerprint density at radius 1 is 1.53 bits per heavy atom. The maximum absolute atomic E-state index is 4.58. The molecule has 1 aliphatic carbocycles. The summed E-state index contributed by atoms with van der Waals surface area (Å²) in [6.45, 7) is 9.30. The standard InChI is InChI=1S/C15H25N3S/c1-12-17-14(10-19-12)6-9-18-8-3-7-16-15(2,11-18)13-4-5-13/h10,13,16H,3-9,11H2,1-2H3. The van der Waals surface area contributed by atoms with Gasteiger partial charge < -0.3 is 10.2 Å². The topological polar surface area (TPSA) is 28.2 Å². The third-order valence-corrected chi connectivity index (χ3v) is 5.38. The molecule has 0 aromatic carbocycles. The molecule has 0 spiro atoms. The number of nitrogens with zero attached hydrogens (tertiary/aromatic N) is 2. The molecule has 0 amide bonds. The van der Waals surface area contributed by atoms with Crippen molar-refractivity contribution in [1.29, 1.82) is 0 Å². The van der Waals surface area contributed by atoms with Crippen molar-refractivity contribution in [1.82, 2.24) is 15.2 Å². The molecule has 1 unspecified atom stereocenters. The van der Waals surface area contributed by atoms with Crippen LogP contribution in [0.5, 0.6) is 0 Å². The summed E-state index contributed by atoms with van der Waals surface area (Å²) in [6, 6.07) is 0. The van der Waals surface area contributed by atoms with Gasteiger partial charge in [0.1, 0.15) is 0 Å². The first-order valence-corrected chi connectivity index (χ1v) is 8.42. The molecule has 1 aromatic heterocycles. The van der Waals surface area contributed by atoms with Crippen molar-refractivity contribution in [3.63, 3.8) is 0 Å². The summed E-state index contributed by atoms with van der Waals surface area (Å²) in [6.07, 6.45) is 5.22. The predicted molar refractivity (Wildman–Crippen MR) is 80.7 cm³/mol. The highest BCUT2D eigenvalue weighted by Crippen LogP contribution is 2.40. The van der Waals surface area contributed by atoms with Crippen LogP contribution < -0.4 is 5.32 Å². The minimum Gasteiger partial charge on any atom is -0.310 e. The SMILES string of the molecule is Cc1nc(CCN2CCCNC(C)(C3CC3)C2)cs1. The van der Waals surface area contributed by atoms with E-state index in [1.807, 2.05) is 0 Å². The summed E-state index contributed by atoms with van der Waals surface area (Å²) in [7, 11) is 0. The van der Waals surface area contributed by atoms with Crippen molar-refractivity contribution in [2.75, 3.05) is 26.2 Å². The van der Waals surface area contributed by atoms with Crippen LogP contribution in [0.2, 0.25) is 0 Å². The van der Waals surface area contributed by atoms with Crippen molar-refractivity contribution in [3.8, 4) is 0 Å². The van der Waals surface area contributed by atoms with Gasteiger partial charge in [-0.25, -0.2) is 4.98 Å². The summed E-state index contributed by atoms with van der Waals surface area (Å²) in [5.74, 6) is 0.912. The van der Waals surface area contributed by atoms with Crippen LogP contribution >= 0.6 is 11.3 Å². The molecular weight excluding hydrogens is 254 g/mol. The van der Waals surface area contributed by atoms with Crippen LogP contribution in [0.4, 0.5) is 0 Å². The summed E-state index contributed by atoms with van der Waals surface area (Å²) in [5, 5.41) is 7.20. The zero-order chi connectivity index (χ0) is 13.3. The molecule has 2 aliphatic rings. The van der Waals surface area contributed by atoms with Crippen LogP contribution in [0.25, 0.3) is 0 Å². The second-order valence-electron chi connectivity index (χ2n) is 6.36. The Labute approximate surface area is 120 Å². The van der Waals surface area contributed by atoms with Crippen LogP contribution in [-0.4, -0.2) is 41.6 Å². The van der Waals surface area contributed by atoms with Crippen molar-refractivity contribution in [3.05, 3.63) is 16.1 Å². The number of aryl methyl sites for hydroxylation is 1. The van der Waals surface area contributed by atoms with Gasteiger partial charge >= 0.3 is 0 Å². The first-order chi connectivity index (χ1) is 9.16. The Bertz CT molecular complexity index is 427. The number of thiazole rings is 1. The Kier molecular flexibility index (Phi) is 3.92. The average molecular weight is 279 g/mol. The molecular formula is C15H25N3S. The van der Waals surface area contributed by atoms with Crippen LogP contribution in [-0.2, 0) is 6.42 Å². The third kappa shape index (κ3) is 3.36. The second-order valence-corrected chi connectivity index (χ2v) is 7.42. The zero-order valence-electron chi connectivity index (χ0n) is 12.1. The maximum Gasteiger partial charge on any atom is 0.0897 e. The van der Waals surface area contributed by atoms with Crippen LogP contribution in [0.15, 0.2) is 5.38 Å². The van der Waals surface area contributed by atoms with E-state index in [0.717, 1.165) is 18.9 Å². The zero-order valence-corrected chi connectivity index (χ0v) is 12.9. The minimum absolute atomic E-state index is 0.356. The van der Waals surface area contributed by atoms with Gasteiger partial charge in [-0.1, -0.05) is 0 Å². The maximum atomic E-state index is 4.58. The normalized spacial score (nSPS) is 29.4. The predicted octanol–water partition coefficient (Wildman–Crippen LogP) is 2.46. The number of rotatable bonds is 4. The lowest BCUT2D eigenvalue weighted by molar-refractivity contribution is 0.202. The number of hydrogen-bond acceptors (Lipinski definition) is 4. The Morgan fingerprint density at radius 3 is 3.05 bits per heavy atom. The summed E-state index contributed by atoms with van der Waals surface area (Å²) < 4.78 is 0. The van der Waals surface area contributed by atoms with Crippen molar-refractivity contribution in [2.45, 2.75) is 45.1 Å². The average Bonchev–Trinajstić information content (AvgIpc) is 3.17. The van der Waals surface area contributed by atoms with Crippen molar-refractivity contribution >= 4 is 11.3 Å². The lowest BCUT2D eigenvalue weighted by atomic mass is 9.95. The molecule has 0 radical (unpaired) electrons. The van der Waals surface area contributed by atoms with Gasteiger partial charge in [0.25, 0.3) is 0 Å². The molecule has 0 bridgehead atoms. The van der Waals surface area contributed by atoms with E-state index in [2.05, 4.69) is 34.4 Å². The molecule has 2 heterocycles. The molecule has 3 nitrogen and oxygen atoms in total. The molecule has 106 valence electrons. The van der Waals surface area contributed by atoms with Gasteiger partial charge in [-0.05, 0) is 52.1 Å². The van der Waals surface area contributed by atoms with Crippen molar-refractivity contribution < 1.29 is 0 Å². The van der Waals surface area contributed by atoms with Crippen LogP contribution in [0.1, 0.15) is 36.9 Å². The lowest BCUT2D eigenvalue weighted by Gasteiger charge is -2.33. The Balaban J connectivity index is 1.57. The van der Waals surface area contributed by atoms with E-state index >= 15 is 0 Å². The number of nitrogens with one attached hydrogen (secondary N) is 1. The van der Waals surface area contributed by atoms with E-state index < -0.39 is 0 Å². The van der Waals surface area contributed by atoms with Crippen LogP contribution in [0.3, 0.4) is 0 Å². The molecule has 1 N–H and O–H groups in total. The largest absolute Gasteiger partial charge is 0.310 e. The fourth-order valence-electron chi connectivity index (χ4n) is 3.26. The van der Waals surface area contributed by atoms with E-state index in [1.54, 1.807) is 11.3 Å². The second kappa shape index (κ2) is 5.51. The van der Waals surface area contributed by atoms with Gasteiger partial charge in [0.2, 0.25) is 0 Å². The van der Waals surface area contributed by atoms with Gasteiger partial charge in [-0.2, -0.15) is 0 Å². The van der Waals surface area contributed by atoms with E-state index in [4.69, 9.17) is 0 Å². The van der Waals surface area contributed by atoms with E-state index in [0.29, 0.717) is 5.54 Å². The molecule has 1 atom stereocenters. The quantitative estimate of drug-likeness (QED) is 0.917. The van der Waals surface area contributed by atoms with Crippen molar-refractivity contribution in [2.24, 2.45) is 5.92 Å². The highest BCUT2D eigenvalue weighted by atomic mass is 32.1. The molecule has 2 fully saturated rings. The smallest absolute Gasteiger partial charge is 0.0897 e. The first kappa shape index (κ1) is 13.5. The van der Waals surface area contributed by atoms with Gasteiger partial charge in [0.05, 0.1) is 10.7 Å². The van der Waals surface area contributed by atoms with Gasteiger partial charge in [-0.15, -0.1) is 11.3 Å². The van der Waals surface area contributed by atoms with Gasteiger partial charge in [0.15, 0.2) is 0 Å². The minimum atomic E-state index is 0.356. The van der Waals surface area contributed by atoms with E-state index in [-0.39, 0.29) is 0 Å². The Hall–Kier alpha value is -0.450. The van der Waals surface area contributed by atoms with Gasteiger partial charge in [0, 0.05) is 30.4 Å². The summed E-state index contributed by atoms with van der Waals surface area (Å²) in [4.78, 5) is 7.22. The molecule has 1 saturated heterocycles. The third-order valence-electron chi connectivity index (χ3n) is 4.56. The Morgan fingerprint density at radius 2 is 2.37 bits per heavy atom. The molecule has 1 saturated carbocycles. The monoisotopic (exact) mass is 279 g/mol. The summed E-state index contributed by atoms with van der Waals surface area (Å²) in [5.41, 5.74) is 1.63. The number of aromatic nitrogens is 1. The highest BCUT2D eigenvalue weighted by molar-refractivity contribution is 7.09. The molecule has 3 rings (SSSR count). The molecule has 1 aliphatic heterocycles. The first-order valence-electron chi connectivity index (χ1n) is 7.54. The lowest BCUT2D eigenvalue weighted by Crippen LogP contribution is -2.51. The molecule has 1 aromatic rings. The fourth-order valence-corrected chi connectivity index (χ4v) is 3.90. The fraction of sp³-hybridized carbons (Fsp3) is 0.800. The van der Waals surface area contributed by atoms with E-state index in [1.165, 1.54) is 49.6 Å². The highest BCUT2D eigenvalue weighted by Gasteiger charge is 2.42.